The molecule has 15 heteroatoms. The average molecular weight is 910 g/mol. The molecule has 64 heavy (non-hydrogen) atoms. The van der Waals surface area contributed by atoms with Crippen LogP contribution in [0.3, 0.4) is 0 Å². The molecule has 3 unspecified atom stereocenters. The number of carboxylic acid groups (broad SMARTS) is 1. The summed E-state index contributed by atoms with van der Waals surface area (Å²) < 4.78 is 12.3. The lowest BCUT2D eigenvalue weighted by atomic mass is 9.91. The van der Waals surface area contributed by atoms with Crippen LogP contribution >= 0.6 is 35.0 Å². The first-order chi connectivity index (χ1) is 31.0. The van der Waals surface area contributed by atoms with Gasteiger partial charge < -0.3 is 25.2 Å². The number of halogens is 2. The van der Waals surface area contributed by atoms with Crippen molar-refractivity contribution >= 4 is 58.4 Å². The van der Waals surface area contributed by atoms with Gasteiger partial charge in [-0.1, -0.05) is 77.8 Å². The Morgan fingerprint density at radius 3 is 2.31 bits per heavy atom. The van der Waals surface area contributed by atoms with E-state index in [2.05, 4.69) is 22.8 Å². The third-order valence-corrected chi connectivity index (χ3v) is 12.5. The maximum Gasteiger partial charge on any atom is 0.326 e. The molecule has 5 aromatic carbocycles. The highest BCUT2D eigenvalue weighted by Crippen LogP contribution is 2.40. The summed E-state index contributed by atoms with van der Waals surface area (Å²) in [7, 11) is 0. The van der Waals surface area contributed by atoms with Gasteiger partial charge in [0.05, 0.1) is 44.7 Å². The number of nitriles is 2. The van der Waals surface area contributed by atoms with Crippen molar-refractivity contribution in [2.45, 2.75) is 55.8 Å². The smallest absolute Gasteiger partial charge is 0.326 e. The number of pyridine rings is 1. The SMILES string of the molecule is CSc1nc(CN2Cc3cc4c(cc3CC2C(=O)NC(Cc2ccc(-c3ccc(C#N)cc3)cc2)C(=O)O)NC(=O)C(c2ccc(OCc3ccc(Cl)c(Cl)c3)cc2)O4)ccc1C#N. The second-order valence-electron chi connectivity index (χ2n) is 15.3. The van der Waals surface area contributed by atoms with Crippen molar-refractivity contribution in [1.82, 2.24) is 15.2 Å². The van der Waals surface area contributed by atoms with E-state index in [4.69, 9.17) is 42.9 Å². The first-order valence-corrected chi connectivity index (χ1v) is 22.1. The Morgan fingerprint density at radius 1 is 0.922 bits per heavy atom. The zero-order chi connectivity index (χ0) is 44.9. The highest BCUT2D eigenvalue weighted by atomic mass is 35.5. The summed E-state index contributed by atoms with van der Waals surface area (Å²) in [5.41, 5.74) is 7.73. The number of nitrogens with zero attached hydrogens (tertiary/aromatic N) is 4. The van der Waals surface area contributed by atoms with Gasteiger partial charge in [0, 0.05) is 25.1 Å². The third-order valence-electron chi connectivity index (χ3n) is 11.1. The largest absolute Gasteiger partial charge is 0.489 e. The van der Waals surface area contributed by atoms with Crippen molar-refractivity contribution in [3.05, 3.63) is 170 Å². The summed E-state index contributed by atoms with van der Waals surface area (Å²) in [6.07, 6.45) is 1.14. The molecule has 0 spiro atoms. The van der Waals surface area contributed by atoms with E-state index in [1.807, 2.05) is 65.8 Å². The number of aliphatic carboxylic acids is 1. The van der Waals surface area contributed by atoms with Crippen LogP contribution in [-0.4, -0.2) is 51.1 Å². The fraction of sp³-hybridized carbons (Fsp3) is 0.184. The average Bonchev–Trinajstić information content (AvgIpc) is 3.31. The van der Waals surface area contributed by atoms with Crippen molar-refractivity contribution in [2.75, 3.05) is 11.6 Å². The van der Waals surface area contributed by atoms with Gasteiger partial charge in [0.15, 0.2) is 0 Å². The van der Waals surface area contributed by atoms with Gasteiger partial charge >= 0.3 is 5.97 Å². The molecule has 3 heterocycles. The van der Waals surface area contributed by atoms with Gasteiger partial charge in [-0.3, -0.25) is 14.5 Å². The van der Waals surface area contributed by atoms with Crippen LogP contribution in [0.1, 0.15) is 50.7 Å². The van der Waals surface area contributed by atoms with Crippen LogP contribution in [0.5, 0.6) is 11.5 Å². The van der Waals surface area contributed by atoms with Crippen molar-refractivity contribution in [3.63, 3.8) is 0 Å². The fourth-order valence-electron chi connectivity index (χ4n) is 7.71. The molecule has 0 radical (unpaired) electrons. The highest BCUT2D eigenvalue weighted by Gasteiger charge is 2.37. The van der Waals surface area contributed by atoms with Gasteiger partial charge in [-0.05, 0) is 107 Å². The molecule has 0 bridgehead atoms. The number of thioether (sulfide) groups is 1. The summed E-state index contributed by atoms with van der Waals surface area (Å²) in [5.74, 6) is -0.976. The van der Waals surface area contributed by atoms with E-state index in [-0.39, 0.29) is 38.4 Å². The molecule has 0 saturated heterocycles. The molecule has 2 aliphatic heterocycles. The normalized spacial score (nSPS) is 15.9. The number of hydrogen-bond donors (Lipinski definition) is 3. The van der Waals surface area contributed by atoms with Gasteiger partial charge in [-0.2, -0.15) is 10.5 Å². The molecule has 3 atom stereocenters. The summed E-state index contributed by atoms with van der Waals surface area (Å²) in [6.45, 7) is 0.770. The first kappa shape index (κ1) is 43.8. The predicted octanol–water partition coefficient (Wildman–Crippen LogP) is 8.91. The number of anilines is 1. The predicted molar refractivity (Wildman–Crippen MR) is 243 cm³/mol. The molecule has 6 aromatic rings. The number of nitrogens with one attached hydrogen (secondary N) is 2. The Labute approximate surface area is 383 Å². The molecule has 0 fully saturated rings. The minimum absolute atomic E-state index is 0.0405. The highest BCUT2D eigenvalue weighted by molar-refractivity contribution is 7.98. The lowest BCUT2D eigenvalue weighted by molar-refractivity contribution is -0.142. The van der Waals surface area contributed by atoms with Gasteiger partial charge in [0.2, 0.25) is 12.0 Å². The first-order valence-electron chi connectivity index (χ1n) is 20.1. The third kappa shape index (κ3) is 9.84. The van der Waals surface area contributed by atoms with Gasteiger partial charge in [0.1, 0.15) is 35.2 Å². The molecule has 12 nitrogen and oxygen atoms in total. The summed E-state index contributed by atoms with van der Waals surface area (Å²) >= 11 is 13.5. The van der Waals surface area contributed by atoms with Gasteiger partial charge in [0.25, 0.3) is 5.91 Å². The van der Waals surface area contributed by atoms with Crippen LogP contribution in [0, 0.1) is 22.7 Å². The molecule has 3 N–H and O–H groups in total. The molecule has 8 rings (SSSR count). The van der Waals surface area contributed by atoms with Crippen molar-refractivity contribution < 1.29 is 29.0 Å². The zero-order valence-electron chi connectivity index (χ0n) is 34.2. The van der Waals surface area contributed by atoms with Crippen LogP contribution in [0.4, 0.5) is 5.69 Å². The van der Waals surface area contributed by atoms with Gasteiger partial charge in [-0.15, -0.1) is 11.8 Å². The number of fused-ring (bicyclic) bond motifs is 2. The number of carboxylic acids is 1. The topological polar surface area (TPSA) is 178 Å². The Kier molecular flexibility index (Phi) is 13.2. The van der Waals surface area contributed by atoms with E-state index in [9.17, 15) is 24.8 Å². The Morgan fingerprint density at radius 2 is 1.64 bits per heavy atom. The maximum atomic E-state index is 14.3. The zero-order valence-corrected chi connectivity index (χ0v) is 36.5. The van der Waals surface area contributed by atoms with E-state index >= 15 is 0 Å². The maximum absolute atomic E-state index is 14.3. The van der Waals surface area contributed by atoms with Crippen LogP contribution in [0.25, 0.3) is 11.1 Å². The lowest BCUT2D eigenvalue weighted by Crippen LogP contribution is -2.54. The number of amides is 2. The second kappa shape index (κ2) is 19.3. The van der Waals surface area contributed by atoms with E-state index < -0.39 is 30.1 Å². The fourth-order valence-corrected chi connectivity index (χ4v) is 8.58. The second-order valence-corrected chi connectivity index (χ2v) is 16.9. The van der Waals surface area contributed by atoms with Gasteiger partial charge in [-0.25, -0.2) is 9.78 Å². The van der Waals surface area contributed by atoms with Crippen molar-refractivity contribution in [1.29, 1.82) is 10.5 Å². The summed E-state index contributed by atoms with van der Waals surface area (Å²) in [5, 5.41) is 36.3. The van der Waals surface area contributed by atoms with E-state index in [1.165, 1.54) is 11.8 Å². The molecule has 320 valence electrons. The number of carbonyl (C=O) groups excluding carboxylic acids is 2. The number of rotatable bonds is 13. The number of ether oxygens (including phenoxy) is 2. The molecule has 2 aliphatic rings. The number of carbonyl (C=O) groups is 3. The molecular weight excluding hydrogens is 872 g/mol. The molecule has 0 saturated carbocycles. The monoisotopic (exact) mass is 908 g/mol. The standard InChI is InChI=1S/C49H38Cl2N6O6S/c1-64-48-34(24-53)11-14-37(54-48)26-57-25-36-22-44-41(55-47(59)45(63-44)33-12-15-38(16-13-33)62-27-30-6-17-39(50)40(51)18-30)20-35(36)21-43(57)46(58)56-42(49(60)61)19-28-2-7-31(8-3-28)32-9-4-29(23-52)5-10-32/h2-18,20,22,42-43,45H,19,21,25-27H2,1H3,(H,55,59)(H,56,58)(H,60,61). The van der Waals surface area contributed by atoms with Crippen LogP contribution in [0.15, 0.2) is 120 Å². The van der Waals surface area contributed by atoms with Crippen molar-refractivity contribution in [2.24, 2.45) is 0 Å². The van der Waals surface area contributed by atoms with E-state index in [0.29, 0.717) is 60.2 Å². The minimum atomic E-state index is -1.23. The Hall–Kier alpha value is -6.87. The van der Waals surface area contributed by atoms with E-state index in [0.717, 1.165) is 27.8 Å². The van der Waals surface area contributed by atoms with E-state index in [1.54, 1.807) is 60.7 Å². The molecule has 0 aliphatic carbocycles. The Bertz CT molecular complexity index is 2850. The quantitative estimate of drug-likeness (QED) is 0.0943. The molecule has 1 aromatic heterocycles. The van der Waals surface area contributed by atoms with Crippen LogP contribution < -0.4 is 20.1 Å². The van der Waals surface area contributed by atoms with Crippen molar-refractivity contribution in [3.8, 4) is 34.8 Å². The summed E-state index contributed by atoms with van der Waals surface area (Å²) in [4.78, 5) is 47.1. The van der Waals surface area contributed by atoms with Crippen LogP contribution in [0.2, 0.25) is 10.0 Å². The minimum Gasteiger partial charge on any atom is -0.489 e. The number of benzene rings is 5. The number of aromatic nitrogens is 1. The number of hydrogen-bond acceptors (Lipinski definition) is 10. The molecular formula is C49H38Cl2N6O6S. The Balaban J connectivity index is 1.01. The molecule has 2 amide bonds. The summed E-state index contributed by atoms with van der Waals surface area (Å²) in [6, 6.07) is 36.3. The van der Waals surface area contributed by atoms with Crippen LogP contribution in [-0.2, 0) is 46.9 Å². The lowest BCUT2D eigenvalue weighted by Gasteiger charge is -2.37.